The van der Waals surface area contributed by atoms with Crippen molar-refractivity contribution in [2.45, 2.75) is 64.0 Å². The summed E-state index contributed by atoms with van der Waals surface area (Å²) in [7, 11) is 0. The van der Waals surface area contributed by atoms with E-state index in [9.17, 15) is 4.79 Å². The molecule has 0 aromatic rings. The van der Waals surface area contributed by atoms with Gasteiger partial charge in [0.25, 0.3) is 0 Å². The number of nitrogens with one attached hydrogen (secondary N) is 1. The molecule has 3 nitrogen and oxygen atoms in total. The van der Waals surface area contributed by atoms with Crippen LogP contribution in [0.4, 0.5) is 0 Å². The Morgan fingerprint density at radius 1 is 1.38 bits per heavy atom. The van der Waals surface area contributed by atoms with Crippen LogP contribution < -0.4 is 11.1 Å². The van der Waals surface area contributed by atoms with Gasteiger partial charge in [-0.3, -0.25) is 4.79 Å². The van der Waals surface area contributed by atoms with Crippen LogP contribution in [0, 0.1) is 11.8 Å². The van der Waals surface area contributed by atoms with E-state index in [1.807, 2.05) is 0 Å². The number of hydrogen-bond donors (Lipinski definition) is 2. The Kier molecular flexibility index (Phi) is 3.24. The van der Waals surface area contributed by atoms with Crippen molar-refractivity contribution in [3.05, 3.63) is 0 Å². The van der Waals surface area contributed by atoms with E-state index in [4.69, 9.17) is 5.73 Å². The lowest BCUT2D eigenvalue weighted by Crippen LogP contribution is -2.53. The Hall–Kier alpha value is -0.570. The molecule has 0 spiro atoms. The smallest absolute Gasteiger partial charge is 0.223 e. The van der Waals surface area contributed by atoms with Gasteiger partial charge in [0, 0.05) is 17.5 Å². The fraction of sp³-hybridized carbons (Fsp3) is 0.923. The molecule has 3 unspecified atom stereocenters. The van der Waals surface area contributed by atoms with E-state index in [1.165, 1.54) is 6.42 Å². The number of carbonyl (C=O) groups excluding carboxylic acids is 1. The van der Waals surface area contributed by atoms with Crippen LogP contribution in [0.3, 0.4) is 0 Å². The molecule has 0 radical (unpaired) electrons. The van der Waals surface area contributed by atoms with E-state index in [-0.39, 0.29) is 17.4 Å². The van der Waals surface area contributed by atoms with E-state index in [1.54, 1.807) is 0 Å². The number of carbonyl (C=O) groups is 1. The van der Waals surface area contributed by atoms with Crippen molar-refractivity contribution in [3.63, 3.8) is 0 Å². The third-order valence-electron chi connectivity index (χ3n) is 4.49. The van der Waals surface area contributed by atoms with Gasteiger partial charge in [0.1, 0.15) is 0 Å². The monoisotopic (exact) mass is 224 g/mol. The number of nitrogens with two attached hydrogens (primary N) is 1. The van der Waals surface area contributed by atoms with Gasteiger partial charge >= 0.3 is 0 Å². The second kappa shape index (κ2) is 4.36. The van der Waals surface area contributed by atoms with E-state index in [0.717, 1.165) is 32.1 Å². The molecule has 0 bridgehead atoms. The standard InChI is InChI=1S/C13H24N2O/c1-9-8-10(4-5-11(9)14)12(16)15-13(2)6-3-7-13/h9-11H,3-8,14H2,1-2H3,(H,15,16). The number of amides is 1. The zero-order chi connectivity index (χ0) is 11.8. The Morgan fingerprint density at radius 3 is 2.56 bits per heavy atom. The summed E-state index contributed by atoms with van der Waals surface area (Å²) in [6.45, 7) is 4.32. The van der Waals surface area contributed by atoms with Crippen molar-refractivity contribution < 1.29 is 4.79 Å². The summed E-state index contributed by atoms with van der Waals surface area (Å²) in [5, 5.41) is 3.22. The first-order valence-electron chi connectivity index (χ1n) is 6.58. The van der Waals surface area contributed by atoms with Crippen molar-refractivity contribution in [1.29, 1.82) is 0 Å². The van der Waals surface area contributed by atoms with Gasteiger partial charge in [-0.2, -0.15) is 0 Å². The van der Waals surface area contributed by atoms with Gasteiger partial charge in [-0.1, -0.05) is 6.92 Å². The van der Waals surface area contributed by atoms with Crippen molar-refractivity contribution >= 4 is 5.91 Å². The van der Waals surface area contributed by atoms with Crippen molar-refractivity contribution in [2.24, 2.45) is 17.6 Å². The van der Waals surface area contributed by atoms with E-state index in [2.05, 4.69) is 19.2 Å². The predicted molar refractivity (Wildman–Crippen MR) is 64.9 cm³/mol. The fourth-order valence-corrected chi connectivity index (χ4v) is 2.89. The predicted octanol–water partition coefficient (Wildman–Crippen LogP) is 1.81. The summed E-state index contributed by atoms with van der Waals surface area (Å²) in [6.07, 6.45) is 6.45. The molecule has 2 saturated carbocycles. The highest BCUT2D eigenvalue weighted by atomic mass is 16.2. The van der Waals surface area contributed by atoms with Gasteiger partial charge in [0.05, 0.1) is 0 Å². The third-order valence-corrected chi connectivity index (χ3v) is 4.49. The summed E-state index contributed by atoms with van der Waals surface area (Å²) in [5.74, 6) is 0.951. The average Bonchev–Trinajstić information content (AvgIpc) is 2.19. The number of hydrogen-bond acceptors (Lipinski definition) is 2. The Labute approximate surface area is 98.2 Å². The molecular formula is C13H24N2O. The highest BCUT2D eigenvalue weighted by molar-refractivity contribution is 5.79. The molecular weight excluding hydrogens is 200 g/mol. The Morgan fingerprint density at radius 2 is 2.06 bits per heavy atom. The van der Waals surface area contributed by atoms with Gasteiger partial charge in [0.2, 0.25) is 5.91 Å². The largest absolute Gasteiger partial charge is 0.351 e. The molecule has 0 saturated heterocycles. The quantitative estimate of drug-likeness (QED) is 0.751. The van der Waals surface area contributed by atoms with Crippen molar-refractivity contribution in [2.75, 3.05) is 0 Å². The molecule has 0 aliphatic heterocycles. The van der Waals surface area contributed by atoms with Gasteiger partial charge in [0.15, 0.2) is 0 Å². The zero-order valence-corrected chi connectivity index (χ0v) is 10.5. The van der Waals surface area contributed by atoms with Crippen LogP contribution in [0.2, 0.25) is 0 Å². The molecule has 2 aliphatic carbocycles. The van der Waals surface area contributed by atoms with Gasteiger partial charge < -0.3 is 11.1 Å². The van der Waals surface area contributed by atoms with Crippen LogP contribution in [0.5, 0.6) is 0 Å². The minimum atomic E-state index is 0.0971. The normalized spacial score (nSPS) is 37.6. The first-order chi connectivity index (χ1) is 7.50. The minimum Gasteiger partial charge on any atom is -0.351 e. The van der Waals surface area contributed by atoms with Crippen molar-refractivity contribution in [3.8, 4) is 0 Å². The maximum atomic E-state index is 12.1. The van der Waals surface area contributed by atoms with Gasteiger partial charge in [-0.15, -0.1) is 0 Å². The van der Waals surface area contributed by atoms with Crippen molar-refractivity contribution in [1.82, 2.24) is 5.32 Å². The summed E-state index contributed by atoms with van der Waals surface area (Å²) in [5.41, 5.74) is 6.07. The molecule has 0 aromatic heterocycles. The van der Waals surface area contributed by atoms with E-state index < -0.39 is 0 Å². The molecule has 2 rings (SSSR count). The topological polar surface area (TPSA) is 55.1 Å². The molecule has 92 valence electrons. The molecule has 1 amide bonds. The fourth-order valence-electron chi connectivity index (χ4n) is 2.89. The van der Waals surface area contributed by atoms with E-state index >= 15 is 0 Å². The number of rotatable bonds is 2. The second-order valence-corrected chi connectivity index (χ2v) is 6.05. The third kappa shape index (κ3) is 2.40. The molecule has 3 N–H and O–H groups in total. The first kappa shape index (κ1) is 11.9. The van der Waals surface area contributed by atoms with Crippen LogP contribution in [-0.4, -0.2) is 17.5 Å². The lowest BCUT2D eigenvalue weighted by Gasteiger charge is -2.41. The summed E-state index contributed by atoms with van der Waals surface area (Å²) in [4.78, 5) is 12.1. The maximum absolute atomic E-state index is 12.1. The van der Waals surface area contributed by atoms with E-state index in [0.29, 0.717) is 12.0 Å². The lowest BCUT2D eigenvalue weighted by atomic mass is 9.76. The SMILES string of the molecule is CC1CC(C(=O)NC2(C)CCC2)CCC1N. The molecule has 2 fully saturated rings. The van der Waals surface area contributed by atoms with Gasteiger partial charge in [-0.25, -0.2) is 0 Å². The first-order valence-corrected chi connectivity index (χ1v) is 6.58. The molecule has 16 heavy (non-hydrogen) atoms. The Balaban J connectivity index is 1.85. The zero-order valence-electron chi connectivity index (χ0n) is 10.5. The summed E-state index contributed by atoms with van der Waals surface area (Å²) >= 11 is 0. The molecule has 0 heterocycles. The van der Waals surface area contributed by atoms with Crippen LogP contribution in [0.1, 0.15) is 52.4 Å². The van der Waals surface area contributed by atoms with Crippen LogP contribution in [0.25, 0.3) is 0 Å². The summed E-state index contributed by atoms with van der Waals surface area (Å²) in [6, 6.07) is 0.295. The summed E-state index contributed by atoms with van der Waals surface area (Å²) < 4.78 is 0. The lowest BCUT2D eigenvalue weighted by molar-refractivity contribution is -0.129. The molecule has 3 atom stereocenters. The Bertz CT molecular complexity index is 273. The van der Waals surface area contributed by atoms with Gasteiger partial charge in [-0.05, 0) is 51.4 Å². The highest BCUT2D eigenvalue weighted by Crippen LogP contribution is 2.33. The minimum absolute atomic E-state index is 0.0971. The second-order valence-electron chi connectivity index (χ2n) is 6.05. The highest BCUT2D eigenvalue weighted by Gasteiger charge is 2.36. The van der Waals surface area contributed by atoms with Crippen LogP contribution in [0.15, 0.2) is 0 Å². The van der Waals surface area contributed by atoms with Crippen LogP contribution >= 0.6 is 0 Å². The van der Waals surface area contributed by atoms with Crippen LogP contribution in [-0.2, 0) is 4.79 Å². The molecule has 0 aromatic carbocycles. The average molecular weight is 224 g/mol. The maximum Gasteiger partial charge on any atom is 0.223 e. The molecule has 3 heteroatoms. The molecule has 2 aliphatic rings.